The van der Waals surface area contributed by atoms with Crippen molar-refractivity contribution in [1.82, 2.24) is 10.6 Å². The Labute approximate surface area is 120 Å². The molecule has 3 aliphatic heterocycles. The first kappa shape index (κ1) is 13.9. The molecule has 0 aromatic rings. The van der Waals surface area contributed by atoms with Gasteiger partial charge in [-0.15, -0.1) is 0 Å². The molecule has 0 amide bonds. The highest BCUT2D eigenvalue weighted by molar-refractivity contribution is 5.78. The molecule has 3 rings (SSSR count). The van der Waals surface area contributed by atoms with Gasteiger partial charge in [-0.05, 0) is 0 Å². The summed E-state index contributed by atoms with van der Waals surface area (Å²) in [4.78, 5) is 14.0. The van der Waals surface area contributed by atoms with Gasteiger partial charge in [-0.2, -0.15) is 0 Å². The average molecular weight is 300 g/mol. The minimum absolute atomic E-state index is 0.0222. The second-order valence-corrected chi connectivity index (χ2v) is 5.58. The van der Waals surface area contributed by atoms with Gasteiger partial charge >= 0.3 is 17.9 Å². The lowest BCUT2D eigenvalue weighted by Crippen LogP contribution is -2.91. The molecule has 3 aliphatic rings. The zero-order valence-corrected chi connectivity index (χ0v) is 11.6. The number of hydrogen-bond acceptors (Lipinski definition) is 8. The molecule has 10 heteroatoms. The van der Waals surface area contributed by atoms with E-state index in [1.165, 1.54) is 6.92 Å². The van der Waals surface area contributed by atoms with E-state index in [4.69, 9.17) is 16.2 Å². The minimum atomic E-state index is -2.03. The van der Waals surface area contributed by atoms with Crippen LogP contribution in [0.25, 0.3) is 0 Å². The summed E-state index contributed by atoms with van der Waals surface area (Å²) >= 11 is 0. The van der Waals surface area contributed by atoms with Crippen molar-refractivity contribution in [3.8, 4) is 0 Å². The number of nitrogens with one attached hydrogen (secondary N) is 3. The van der Waals surface area contributed by atoms with Gasteiger partial charge in [0.1, 0.15) is 12.6 Å². The number of nitrogens with zero attached hydrogens (tertiary/aromatic N) is 1. The molecule has 0 aliphatic carbocycles. The quantitative estimate of drug-likeness (QED) is 0.151. The molecule has 0 bridgehead atoms. The van der Waals surface area contributed by atoms with E-state index >= 15 is 0 Å². The van der Waals surface area contributed by atoms with Gasteiger partial charge in [0, 0.05) is 13.3 Å². The first-order valence-corrected chi connectivity index (χ1v) is 6.70. The Morgan fingerprint density at radius 2 is 2.29 bits per heavy atom. The molecular formula is C11H20N6O4+2. The lowest BCUT2D eigenvalue weighted by molar-refractivity contribution is -0.674. The smallest absolute Gasteiger partial charge is 0.347 e. The van der Waals surface area contributed by atoms with Gasteiger partial charge in [-0.25, -0.2) is 9.89 Å². The number of carbonyl (C=O) groups excluding carboxylic acids is 1. The first-order chi connectivity index (χ1) is 9.78. The van der Waals surface area contributed by atoms with Crippen LogP contribution < -0.4 is 27.1 Å². The van der Waals surface area contributed by atoms with E-state index in [0.29, 0.717) is 6.54 Å². The van der Waals surface area contributed by atoms with Crippen molar-refractivity contribution in [2.45, 2.75) is 36.9 Å². The van der Waals surface area contributed by atoms with Gasteiger partial charge in [0.25, 0.3) is 5.66 Å². The summed E-state index contributed by atoms with van der Waals surface area (Å²) in [5, 5.41) is 26.8. The summed E-state index contributed by atoms with van der Waals surface area (Å²) in [5.41, 5.74) is 10.5. The number of ether oxygens (including phenoxy) is 1. The Hall–Kier alpha value is -2.07. The summed E-state index contributed by atoms with van der Waals surface area (Å²) in [6.07, 6.45) is 0.105. The fourth-order valence-corrected chi connectivity index (χ4v) is 3.42. The van der Waals surface area contributed by atoms with Gasteiger partial charge in [0.2, 0.25) is 5.79 Å². The van der Waals surface area contributed by atoms with Crippen LogP contribution in [0.1, 0.15) is 13.3 Å². The third kappa shape index (κ3) is 1.75. The Morgan fingerprint density at radius 1 is 1.57 bits per heavy atom. The summed E-state index contributed by atoms with van der Waals surface area (Å²) in [6, 6.07) is -1.00. The van der Waals surface area contributed by atoms with E-state index in [2.05, 4.69) is 15.6 Å². The van der Waals surface area contributed by atoms with Crippen LogP contribution in [0.4, 0.5) is 0 Å². The Kier molecular flexibility index (Phi) is 2.79. The zero-order valence-electron chi connectivity index (χ0n) is 11.6. The molecule has 3 heterocycles. The lowest BCUT2D eigenvalue weighted by atomic mass is 9.87. The highest BCUT2D eigenvalue weighted by Crippen LogP contribution is 2.36. The number of hydrogen-bond donors (Lipinski definition) is 7. The van der Waals surface area contributed by atoms with Crippen LogP contribution in [-0.4, -0.2) is 69.4 Å². The maximum absolute atomic E-state index is 11.0. The largest absolute Gasteiger partial charge is 0.462 e. The van der Waals surface area contributed by atoms with E-state index in [1.54, 1.807) is 4.58 Å². The average Bonchev–Trinajstić information content (AvgIpc) is 2.85. The van der Waals surface area contributed by atoms with Crippen LogP contribution in [-0.2, 0) is 9.53 Å². The van der Waals surface area contributed by atoms with Crippen molar-refractivity contribution in [3.63, 3.8) is 0 Å². The molecule has 1 unspecified atom stereocenters. The number of aliphatic hydroxyl groups is 2. The Morgan fingerprint density at radius 3 is 2.95 bits per heavy atom. The summed E-state index contributed by atoms with van der Waals surface area (Å²) < 4.78 is 6.65. The van der Waals surface area contributed by atoms with E-state index in [1.807, 2.05) is 0 Å². The van der Waals surface area contributed by atoms with Crippen LogP contribution in [0.15, 0.2) is 0 Å². The van der Waals surface area contributed by atoms with Crippen LogP contribution in [0.5, 0.6) is 0 Å². The lowest BCUT2D eigenvalue weighted by Gasteiger charge is -2.40. The van der Waals surface area contributed by atoms with Crippen LogP contribution in [0, 0.1) is 0 Å². The third-order valence-corrected chi connectivity index (χ3v) is 4.30. The SMILES string of the molecule is CC(=O)OC[C@@H]1NC(N)=[N+]2CCC(O)(O)C23NC(N)=[NH+][C@@H]13. The predicted molar refractivity (Wildman–Crippen MR) is 69.5 cm³/mol. The molecule has 9 N–H and O–H groups in total. The predicted octanol–water partition coefficient (Wildman–Crippen LogP) is -6.00. The van der Waals surface area contributed by atoms with Crippen LogP contribution in [0.2, 0.25) is 0 Å². The fourth-order valence-electron chi connectivity index (χ4n) is 3.42. The monoisotopic (exact) mass is 300 g/mol. The first-order valence-electron chi connectivity index (χ1n) is 6.70. The molecular weight excluding hydrogens is 280 g/mol. The van der Waals surface area contributed by atoms with Gasteiger partial charge in [0.05, 0.1) is 6.54 Å². The molecule has 0 aromatic carbocycles. The van der Waals surface area contributed by atoms with Gasteiger partial charge < -0.3 is 14.9 Å². The second-order valence-electron chi connectivity index (χ2n) is 5.58. The number of rotatable bonds is 2. The van der Waals surface area contributed by atoms with Crippen molar-refractivity contribution in [1.29, 1.82) is 0 Å². The summed E-state index contributed by atoms with van der Waals surface area (Å²) in [7, 11) is 0. The molecule has 0 saturated carbocycles. The number of nitrogens with two attached hydrogens (primary N) is 2. The van der Waals surface area contributed by atoms with Crippen molar-refractivity contribution in [3.05, 3.63) is 0 Å². The molecule has 0 radical (unpaired) electrons. The van der Waals surface area contributed by atoms with Crippen molar-refractivity contribution in [2.24, 2.45) is 11.5 Å². The molecule has 116 valence electrons. The zero-order chi connectivity index (χ0) is 15.4. The molecule has 0 aromatic heterocycles. The maximum atomic E-state index is 11.0. The highest BCUT2D eigenvalue weighted by atomic mass is 16.5. The Bertz CT molecular complexity index is 559. The maximum Gasteiger partial charge on any atom is 0.347 e. The number of carbonyl (C=O) groups is 1. The molecule has 10 nitrogen and oxygen atoms in total. The normalized spacial score (nSPS) is 36.2. The molecule has 21 heavy (non-hydrogen) atoms. The fraction of sp³-hybridized carbons (Fsp3) is 0.727. The van der Waals surface area contributed by atoms with Gasteiger partial charge in [-0.3, -0.25) is 26.6 Å². The Balaban J connectivity index is 2.02. The van der Waals surface area contributed by atoms with E-state index in [-0.39, 0.29) is 24.9 Å². The van der Waals surface area contributed by atoms with E-state index in [9.17, 15) is 15.0 Å². The highest BCUT2D eigenvalue weighted by Gasteiger charge is 2.74. The third-order valence-electron chi connectivity index (χ3n) is 4.30. The topological polar surface area (TPSA) is 160 Å². The number of esters is 1. The van der Waals surface area contributed by atoms with Crippen molar-refractivity contribution in [2.75, 3.05) is 13.2 Å². The second kappa shape index (κ2) is 4.21. The molecule has 1 saturated heterocycles. The summed E-state index contributed by atoms with van der Waals surface area (Å²) in [5.74, 6) is -1.98. The van der Waals surface area contributed by atoms with E-state index < -0.39 is 29.5 Å². The van der Waals surface area contributed by atoms with E-state index in [0.717, 1.165) is 0 Å². The van der Waals surface area contributed by atoms with Crippen molar-refractivity contribution >= 4 is 17.9 Å². The molecule has 3 atom stereocenters. The molecule has 1 spiro atoms. The van der Waals surface area contributed by atoms with Crippen LogP contribution >= 0.6 is 0 Å². The van der Waals surface area contributed by atoms with Gasteiger partial charge in [-0.1, -0.05) is 0 Å². The summed E-state index contributed by atoms with van der Waals surface area (Å²) in [6.45, 7) is 1.68. The standard InChI is InChI=1S/C11H18N6O4/c1-5(18)21-4-6-7-11(16-8(12)15-7)10(19,20)2-3-17(11)9(13)14-6/h6-7,19-20H,2-4H2,1H3,(H5,12,13,14,15,16)/p+2/t6-,7-,11?/m0/s1. The van der Waals surface area contributed by atoms with Crippen LogP contribution in [0.3, 0.4) is 0 Å². The minimum Gasteiger partial charge on any atom is -0.462 e. The van der Waals surface area contributed by atoms with Gasteiger partial charge in [0.15, 0.2) is 6.04 Å². The van der Waals surface area contributed by atoms with Crippen molar-refractivity contribution < 1.29 is 29.3 Å². The molecule has 1 fully saturated rings. The number of guanidine groups is 2.